The van der Waals surface area contributed by atoms with Crippen LogP contribution in [0.15, 0.2) is 16.6 Å². The average molecular weight is 303 g/mol. The topological polar surface area (TPSA) is 36.9 Å². The molecule has 1 aromatic rings. The second-order valence-corrected chi connectivity index (χ2v) is 4.73. The summed E-state index contributed by atoms with van der Waals surface area (Å²) in [7, 11) is 1.66. The van der Waals surface area contributed by atoms with Crippen LogP contribution in [0.25, 0.3) is 0 Å². The fraction of sp³-hybridized carbons (Fsp3) is 0.500. The Balaban J connectivity index is 2.01. The van der Waals surface area contributed by atoms with E-state index in [9.17, 15) is 0 Å². The van der Waals surface area contributed by atoms with Crippen LogP contribution in [0.3, 0.4) is 0 Å². The first-order valence-electron chi connectivity index (χ1n) is 5.39. The van der Waals surface area contributed by atoms with Crippen molar-refractivity contribution < 1.29 is 18.9 Å². The van der Waals surface area contributed by atoms with Gasteiger partial charge < -0.3 is 18.9 Å². The zero-order valence-electron chi connectivity index (χ0n) is 9.86. The summed E-state index contributed by atoms with van der Waals surface area (Å²) in [5.74, 6) is 1.54. The van der Waals surface area contributed by atoms with Crippen molar-refractivity contribution in [1.29, 1.82) is 0 Å². The van der Waals surface area contributed by atoms with Crippen LogP contribution in [0, 0.1) is 0 Å². The molecule has 1 aliphatic rings. The Morgan fingerprint density at radius 2 is 2.06 bits per heavy atom. The van der Waals surface area contributed by atoms with E-state index in [0.29, 0.717) is 13.2 Å². The molecule has 0 amide bonds. The Kier molecular flexibility index (Phi) is 4.25. The number of hydrogen-bond acceptors (Lipinski definition) is 4. The van der Waals surface area contributed by atoms with E-state index in [2.05, 4.69) is 15.9 Å². The lowest BCUT2D eigenvalue weighted by Gasteiger charge is -2.13. The molecule has 0 fully saturated rings. The first-order valence-corrected chi connectivity index (χ1v) is 6.18. The number of halogens is 1. The van der Waals surface area contributed by atoms with Gasteiger partial charge in [-0.1, -0.05) is 15.9 Å². The zero-order valence-corrected chi connectivity index (χ0v) is 11.5. The molecule has 0 radical (unpaired) electrons. The highest BCUT2D eigenvalue weighted by Crippen LogP contribution is 2.37. The Morgan fingerprint density at radius 3 is 2.76 bits per heavy atom. The standard InChI is InChI=1S/C12H15BrO4/c1-8(5-14-2)15-6-9-3-11-12(4-10(9)13)17-7-16-11/h3-4,8H,5-7H2,1-2H3/t8-/m1/s1. The summed E-state index contributed by atoms with van der Waals surface area (Å²) in [6, 6.07) is 3.84. The van der Waals surface area contributed by atoms with Gasteiger partial charge in [0.15, 0.2) is 11.5 Å². The molecular weight excluding hydrogens is 288 g/mol. The van der Waals surface area contributed by atoms with Crippen LogP contribution < -0.4 is 9.47 Å². The van der Waals surface area contributed by atoms with E-state index in [1.807, 2.05) is 19.1 Å². The third-order valence-electron chi connectivity index (χ3n) is 2.47. The van der Waals surface area contributed by atoms with Gasteiger partial charge in [-0.2, -0.15) is 0 Å². The van der Waals surface area contributed by atoms with Crippen molar-refractivity contribution in [2.45, 2.75) is 19.6 Å². The predicted octanol–water partition coefficient (Wildman–Crippen LogP) is 2.73. The van der Waals surface area contributed by atoms with Gasteiger partial charge in [0.05, 0.1) is 19.3 Å². The van der Waals surface area contributed by atoms with Crippen molar-refractivity contribution in [1.82, 2.24) is 0 Å². The smallest absolute Gasteiger partial charge is 0.231 e. The Labute approximate surface area is 109 Å². The van der Waals surface area contributed by atoms with Gasteiger partial charge in [0.25, 0.3) is 0 Å². The molecule has 0 aromatic heterocycles. The predicted molar refractivity (Wildman–Crippen MR) is 66.4 cm³/mol. The molecule has 1 aliphatic heterocycles. The highest BCUT2D eigenvalue weighted by atomic mass is 79.9. The Bertz CT molecular complexity index is 394. The van der Waals surface area contributed by atoms with Crippen molar-refractivity contribution in [2.24, 2.45) is 0 Å². The second kappa shape index (κ2) is 5.71. The minimum atomic E-state index is 0.0670. The van der Waals surface area contributed by atoms with Gasteiger partial charge in [-0.25, -0.2) is 0 Å². The molecule has 0 bridgehead atoms. The SMILES string of the molecule is COC[C@@H](C)OCc1cc2c(cc1Br)OCO2. The van der Waals surface area contributed by atoms with Crippen LogP contribution >= 0.6 is 15.9 Å². The average Bonchev–Trinajstić information content (AvgIpc) is 2.73. The van der Waals surface area contributed by atoms with Crippen LogP contribution in [0.5, 0.6) is 11.5 Å². The molecule has 0 N–H and O–H groups in total. The molecule has 4 nitrogen and oxygen atoms in total. The summed E-state index contributed by atoms with van der Waals surface area (Å²) >= 11 is 3.49. The molecule has 0 aliphatic carbocycles. The summed E-state index contributed by atoms with van der Waals surface area (Å²) in [6.07, 6.45) is 0.0670. The van der Waals surface area contributed by atoms with E-state index in [1.165, 1.54) is 0 Å². The molecule has 17 heavy (non-hydrogen) atoms. The summed E-state index contributed by atoms with van der Waals surface area (Å²) < 4.78 is 22.2. The van der Waals surface area contributed by atoms with E-state index in [-0.39, 0.29) is 12.9 Å². The van der Waals surface area contributed by atoms with Crippen molar-refractivity contribution in [3.05, 3.63) is 22.2 Å². The van der Waals surface area contributed by atoms with Gasteiger partial charge in [-0.15, -0.1) is 0 Å². The molecule has 0 saturated carbocycles. The van der Waals surface area contributed by atoms with E-state index in [4.69, 9.17) is 18.9 Å². The minimum absolute atomic E-state index is 0.0670. The van der Waals surface area contributed by atoms with Gasteiger partial charge in [-0.3, -0.25) is 0 Å². The van der Waals surface area contributed by atoms with Crippen LogP contribution in [0.4, 0.5) is 0 Å². The van der Waals surface area contributed by atoms with Crippen LogP contribution in [-0.4, -0.2) is 26.6 Å². The monoisotopic (exact) mass is 302 g/mol. The van der Waals surface area contributed by atoms with Gasteiger partial charge in [-0.05, 0) is 24.6 Å². The summed E-state index contributed by atoms with van der Waals surface area (Å²) in [6.45, 7) is 3.36. The molecule has 1 aromatic carbocycles. The zero-order chi connectivity index (χ0) is 12.3. The lowest BCUT2D eigenvalue weighted by atomic mass is 10.2. The number of methoxy groups -OCH3 is 1. The maximum absolute atomic E-state index is 5.66. The molecule has 2 rings (SSSR count). The maximum atomic E-state index is 5.66. The largest absolute Gasteiger partial charge is 0.454 e. The lowest BCUT2D eigenvalue weighted by Crippen LogP contribution is -2.14. The third kappa shape index (κ3) is 3.12. The van der Waals surface area contributed by atoms with Gasteiger partial charge in [0.2, 0.25) is 6.79 Å². The summed E-state index contributed by atoms with van der Waals surface area (Å²) in [4.78, 5) is 0. The van der Waals surface area contributed by atoms with E-state index in [1.54, 1.807) is 7.11 Å². The second-order valence-electron chi connectivity index (χ2n) is 3.87. The highest BCUT2D eigenvalue weighted by Gasteiger charge is 2.16. The number of fused-ring (bicyclic) bond motifs is 1. The van der Waals surface area contributed by atoms with Crippen LogP contribution in [0.1, 0.15) is 12.5 Å². The number of ether oxygens (including phenoxy) is 4. The molecule has 0 unspecified atom stereocenters. The van der Waals surface area contributed by atoms with E-state index in [0.717, 1.165) is 21.5 Å². The van der Waals surface area contributed by atoms with Gasteiger partial charge >= 0.3 is 0 Å². The third-order valence-corrected chi connectivity index (χ3v) is 3.20. The normalized spacial score (nSPS) is 15.0. The summed E-state index contributed by atoms with van der Waals surface area (Å²) in [5.41, 5.74) is 1.04. The van der Waals surface area contributed by atoms with Crippen molar-refractivity contribution >= 4 is 15.9 Å². The maximum Gasteiger partial charge on any atom is 0.231 e. The fourth-order valence-electron chi connectivity index (χ4n) is 1.58. The first-order chi connectivity index (χ1) is 8.20. The summed E-state index contributed by atoms with van der Waals surface area (Å²) in [5, 5.41) is 0. The molecule has 0 saturated heterocycles. The Hall–Kier alpha value is -0.780. The van der Waals surface area contributed by atoms with Crippen molar-refractivity contribution in [3.63, 3.8) is 0 Å². The molecule has 5 heteroatoms. The number of rotatable bonds is 5. The van der Waals surface area contributed by atoms with Gasteiger partial charge in [0, 0.05) is 11.6 Å². The highest BCUT2D eigenvalue weighted by molar-refractivity contribution is 9.10. The van der Waals surface area contributed by atoms with Crippen molar-refractivity contribution in [2.75, 3.05) is 20.5 Å². The van der Waals surface area contributed by atoms with E-state index >= 15 is 0 Å². The lowest BCUT2D eigenvalue weighted by molar-refractivity contribution is -0.000371. The first kappa shape index (κ1) is 12.7. The number of benzene rings is 1. The molecule has 1 atom stereocenters. The molecule has 94 valence electrons. The van der Waals surface area contributed by atoms with Gasteiger partial charge in [0.1, 0.15) is 0 Å². The minimum Gasteiger partial charge on any atom is -0.454 e. The molecular formula is C12H15BrO4. The Morgan fingerprint density at radius 1 is 1.35 bits per heavy atom. The van der Waals surface area contributed by atoms with Crippen LogP contribution in [-0.2, 0) is 16.1 Å². The quantitative estimate of drug-likeness (QED) is 0.838. The molecule has 0 spiro atoms. The molecule has 1 heterocycles. The van der Waals surface area contributed by atoms with Crippen molar-refractivity contribution in [3.8, 4) is 11.5 Å². The fourth-order valence-corrected chi connectivity index (χ4v) is 2.02. The van der Waals surface area contributed by atoms with Crippen LogP contribution in [0.2, 0.25) is 0 Å². The number of hydrogen-bond donors (Lipinski definition) is 0. The van der Waals surface area contributed by atoms with E-state index < -0.39 is 0 Å².